The number of benzene rings is 1. The lowest BCUT2D eigenvalue weighted by Gasteiger charge is -2.32. The first-order valence-electron chi connectivity index (χ1n) is 6.02. The first kappa shape index (κ1) is 12.9. The standard InChI is InChI=1S/C15H19NO2/c1-17-14-10-15(11-16,18-2)9-8-13(14)12-6-4-3-5-7-12/h3-9H,10-11,16H2,1-2H3. The molecular weight excluding hydrogens is 226 g/mol. The molecule has 1 unspecified atom stereocenters. The topological polar surface area (TPSA) is 44.5 Å². The van der Waals surface area contributed by atoms with Crippen molar-refractivity contribution in [2.75, 3.05) is 20.8 Å². The van der Waals surface area contributed by atoms with E-state index >= 15 is 0 Å². The van der Waals surface area contributed by atoms with Crippen LogP contribution in [-0.2, 0) is 9.47 Å². The fourth-order valence-electron chi connectivity index (χ4n) is 2.17. The number of hydrogen-bond donors (Lipinski definition) is 1. The number of nitrogens with two attached hydrogens (primary N) is 1. The Morgan fingerprint density at radius 3 is 2.50 bits per heavy atom. The van der Waals surface area contributed by atoms with Crippen LogP contribution in [0.3, 0.4) is 0 Å². The van der Waals surface area contributed by atoms with Crippen molar-refractivity contribution in [2.45, 2.75) is 12.0 Å². The average Bonchev–Trinajstić information content (AvgIpc) is 2.47. The van der Waals surface area contributed by atoms with Crippen LogP contribution in [0.15, 0.2) is 48.2 Å². The fraction of sp³-hybridized carbons (Fsp3) is 0.333. The van der Waals surface area contributed by atoms with Gasteiger partial charge in [0, 0.05) is 25.6 Å². The van der Waals surface area contributed by atoms with E-state index in [1.54, 1.807) is 14.2 Å². The largest absolute Gasteiger partial charge is 0.500 e. The summed E-state index contributed by atoms with van der Waals surface area (Å²) < 4.78 is 11.0. The van der Waals surface area contributed by atoms with E-state index in [-0.39, 0.29) is 0 Å². The summed E-state index contributed by atoms with van der Waals surface area (Å²) in [7, 11) is 3.37. The Balaban J connectivity index is 2.37. The highest BCUT2D eigenvalue weighted by atomic mass is 16.5. The molecule has 0 radical (unpaired) electrons. The molecule has 1 aromatic carbocycles. The van der Waals surface area contributed by atoms with Gasteiger partial charge in [0.2, 0.25) is 0 Å². The van der Waals surface area contributed by atoms with Crippen LogP contribution < -0.4 is 5.73 Å². The number of allylic oxidation sites excluding steroid dienone is 2. The maximum atomic E-state index is 5.80. The van der Waals surface area contributed by atoms with Gasteiger partial charge >= 0.3 is 0 Å². The summed E-state index contributed by atoms with van der Waals surface area (Å²) in [5.74, 6) is 0.913. The van der Waals surface area contributed by atoms with Gasteiger partial charge in [0.1, 0.15) is 11.4 Å². The van der Waals surface area contributed by atoms with Gasteiger partial charge in [-0.2, -0.15) is 0 Å². The van der Waals surface area contributed by atoms with E-state index in [0.717, 1.165) is 16.9 Å². The number of rotatable bonds is 4. The van der Waals surface area contributed by atoms with Crippen LogP contribution in [0.4, 0.5) is 0 Å². The molecule has 0 aliphatic heterocycles. The minimum atomic E-state index is -0.441. The second-order valence-electron chi connectivity index (χ2n) is 4.39. The molecule has 1 atom stereocenters. The van der Waals surface area contributed by atoms with Crippen molar-refractivity contribution >= 4 is 5.57 Å². The van der Waals surface area contributed by atoms with Crippen LogP contribution in [0.2, 0.25) is 0 Å². The lowest BCUT2D eigenvalue weighted by molar-refractivity contribution is 0.0278. The Hall–Kier alpha value is -1.58. The molecule has 18 heavy (non-hydrogen) atoms. The molecule has 3 nitrogen and oxygen atoms in total. The van der Waals surface area contributed by atoms with Crippen LogP contribution in [0.5, 0.6) is 0 Å². The highest BCUT2D eigenvalue weighted by molar-refractivity contribution is 5.77. The van der Waals surface area contributed by atoms with Crippen molar-refractivity contribution in [3.05, 3.63) is 53.8 Å². The zero-order valence-corrected chi connectivity index (χ0v) is 10.8. The van der Waals surface area contributed by atoms with Crippen molar-refractivity contribution in [3.8, 4) is 0 Å². The summed E-state index contributed by atoms with van der Waals surface area (Å²) in [5, 5.41) is 0. The number of hydrogen-bond acceptors (Lipinski definition) is 3. The zero-order chi connectivity index (χ0) is 13.0. The molecule has 0 saturated heterocycles. The molecule has 0 bridgehead atoms. The smallest absolute Gasteiger partial charge is 0.107 e. The van der Waals surface area contributed by atoms with Crippen LogP contribution >= 0.6 is 0 Å². The molecule has 1 aromatic rings. The van der Waals surface area contributed by atoms with Gasteiger partial charge in [-0.1, -0.05) is 42.5 Å². The van der Waals surface area contributed by atoms with E-state index in [1.165, 1.54) is 0 Å². The van der Waals surface area contributed by atoms with Crippen LogP contribution in [0, 0.1) is 0 Å². The predicted molar refractivity (Wildman–Crippen MR) is 72.9 cm³/mol. The molecule has 0 spiro atoms. The van der Waals surface area contributed by atoms with E-state index in [1.807, 2.05) is 30.4 Å². The van der Waals surface area contributed by atoms with Crippen LogP contribution in [-0.4, -0.2) is 26.4 Å². The summed E-state index contributed by atoms with van der Waals surface area (Å²) in [6.07, 6.45) is 4.73. The summed E-state index contributed by atoms with van der Waals surface area (Å²) in [6, 6.07) is 10.2. The average molecular weight is 245 g/mol. The molecule has 3 heteroatoms. The fourth-order valence-corrected chi connectivity index (χ4v) is 2.17. The molecular formula is C15H19NO2. The van der Waals surface area contributed by atoms with Crippen molar-refractivity contribution in [3.63, 3.8) is 0 Å². The number of ether oxygens (including phenoxy) is 2. The molecule has 1 aliphatic carbocycles. The van der Waals surface area contributed by atoms with Gasteiger partial charge in [-0.05, 0) is 5.56 Å². The summed E-state index contributed by atoms with van der Waals surface area (Å²) >= 11 is 0. The van der Waals surface area contributed by atoms with Crippen molar-refractivity contribution in [1.82, 2.24) is 0 Å². The molecule has 0 amide bonds. The van der Waals surface area contributed by atoms with E-state index in [4.69, 9.17) is 15.2 Å². The molecule has 0 fully saturated rings. The normalized spacial score (nSPS) is 23.3. The van der Waals surface area contributed by atoms with Gasteiger partial charge in [-0.15, -0.1) is 0 Å². The van der Waals surface area contributed by atoms with E-state index < -0.39 is 5.60 Å². The highest BCUT2D eigenvalue weighted by Crippen LogP contribution is 2.34. The molecule has 0 saturated carbocycles. The van der Waals surface area contributed by atoms with E-state index in [0.29, 0.717) is 13.0 Å². The van der Waals surface area contributed by atoms with Crippen molar-refractivity contribution in [2.24, 2.45) is 5.73 Å². The van der Waals surface area contributed by atoms with Gasteiger partial charge in [-0.25, -0.2) is 0 Å². The first-order chi connectivity index (χ1) is 8.74. The minimum absolute atomic E-state index is 0.439. The lowest BCUT2D eigenvalue weighted by atomic mass is 9.88. The Bertz CT molecular complexity index is 459. The van der Waals surface area contributed by atoms with Gasteiger partial charge in [-0.3, -0.25) is 0 Å². The Kier molecular flexibility index (Phi) is 3.84. The third-order valence-corrected chi connectivity index (χ3v) is 3.40. The van der Waals surface area contributed by atoms with Gasteiger partial charge in [0.05, 0.1) is 7.11 Å². The van der Waals surface area contributed by atoms with Gasteiger partial charge in [0.25, 0.3) is 0 Å². The van der Waals surface area contributed by atoms with Gasteiger partial charge < -0.3 is 15.2 Å². The van der Waals surface area contributed by atoms with Crippen LogP contribution in [0.1, 0.15) is 12.0 Å². The molecule has 0 heterocycles. The summed E-state index contributed by atoms with van der Waals surface area (Å²) in [5.41, 5.74) is 7.60. The first-order valence-corrected chi connectivity index (χ1v) is 6.02. The van der Waals surface area contributed by atoms with E-state index in [9.17, 15) is 0 Å². The molecule has 0 aromatic heterocycles. The monoisotopic (exact) mass is 245 g/mol. The quantitative estimate of drug-likeness (QED) is 0.885. The second kappa shape index (κ2) is 5.38. The number of methoxy groups -OCH3 is 2. The molecule has 2 rings (SSSR count). The second-order valence-corrected chi connectivity index (χ2v) is 4.39. The van der Waals surface area contributed by atoms with E-state index in [2.05, 4.69) is 12.1 Å². The lowest BCUT2D eigenvalue weighted by Crippen LogP contribution is -2.39. The maximum absolute atomic E-state index is 5.80. The zero-order valence-electron chi connectivity index (χ0n) is 10.8. The molecule has 96 valence electrons. The third-order valence-electron chi connectivity index (χ3n) is 3.40. The third kappa shape index (κ3) is 2.33. The SMILES string of the molecule is COC1=C(c2ccccc2)C=CC(CN)(OC)C1. The van der Waals surface area contributed by atoms with Crippen LogP contribution in [0.25, 0.3) is 5.57 Å². The Labute approximate surface area is 108 Å². The Morgan fingerprint density at radius 2 is 1.94 bits per heavy atom. The maximum Gasteiger partial charge on any atom is 0.107 e. The summed E-state index contributed by atoms with van der Waals surface area (Å²) in [6.45, 7) is 0.439. The van der Waals surface area contributed by atoms with Crippen molar-refractivity contribution < 1.29 is 9.47 Å². The predicted octanol–water partition coefficient (Wildman–Crippen LogP) is 2.35. The molecule has 1 aliphatic rings. The summed E-state index contributed by atoms with van der Waals surface area (Å²) in [4.78, 5) is 0. The molecule has 2 N–H and O–H groups in total. The van der Waals surface area contributed by atoms with Gasteiger partial charge in [0.15, 0.2) is 0 Å². The minimum Gasteiger partial charge on any atom is -0.500 e. The highest BCUT2D eigenvalue weighted by Gasteiger charge is 2.31. The Morgan fingerprint density at radius 1 is 1.22 bits per heavy atom. The van der Waals surface area contributed by atoms with Crippen molar-refractivity contribution in [1.29, 1.82) is 0 Å².